The van der Waals surface area contributed by atoms with Crippen molar-refractivity contribution in [3.8, 4) is 28.5 Å². The highest BCUT2D eigenvalue weighted by atomic mass is 19.4. The molecule has 0 saturated heterocycles. The van der Waals surface area contributed by atoms with Crippen LogP contribution in [-0.4, -0.2) is 60.5 Å². The lowest BCUT2D eigenvalue weighted by Gasteiger charge is -2.33. The Hall–Kier alpha value is -4.39. The number of halogens is 4. The molecule has 2 aliphatic carbocycles. The Morgan fingerprint density at radius 2 is 1.78 bits per heavy atom. The number of pyridine rings is 1. The second-order valence-corrected chi connectivity index (χ2v) is 12.2. The fourth-order valence-electron chi connectivity index (χ4n) is 5.40. The lowest BCUT2D eigenvalue weighted by molar-refractivity contribution is -0.265. The van der Waals surface area contributed by atoms with Gasteiger partial charge in [0.1, 0.15) is 29.3 Å². The average Bonchev–Trinajstić information content (AvgIpc) is 3.77. The van der Waals surface area contributed by atoms with E-state index in [1.54, 1.807) is 6.92 Å². The van der Waals surface area contributed by atoms with Crippen molar-refractivity contribution >= 4 is 11.8 Å². The van der Waals surface area contributed by atoms with Gasteiger partial charge in [0.25, 0.3) is 5.91 Å². The Bertz CT molecular complexity index is 1660. The van der Waals surface area contributed by atoms with Crippen LogP contribution in [0, 0.1) is 5.82 Å². The molecular weight excluding hydrogens is 610 g/mol. The SMILES string of the molecule is COc1cc(C(=O)NC[C@](O)(c2cc3c(c(-c4ccc(F)cc4)n2)OC[C@]3(C)C(=O)NC2CCC2)C(F)(F)F)ccc1OC1CC1. The van der Waals surface area contributed by atoms with Crippen LogP contribution in [0.5, 0.6) is 17.2 Å². The highest BCUT2D eigenvalue weighted by Gasteiger charge is 2.58. The number of hydrogen-bond donors (Lipinski definition) is 3. The van der Waals surface area contributed by atoms with Crippen molar-refractivity contribution in [2.45, 2.75) is 68.4 Å². The molecule has 13 heteroatoms. The molecule has 2 heterocycles. The molecule has 3 N–H and O–H groups in total. The van der Waals surface area contributed by atoms with Crippen LogP contribution in [-0.2, 0) is 15.8 Å². The van der Waals surface area contributed by atoms with Crippen molar-refractivity contribution < 1.29 is 46.5 Å². The summed E-state index contributed by atoms with van der Waals surface area (Å²) >= 11 is 0. The third-order valence-electron chi connectivity index (χ3n) is 8.77. The summed E-state index contributed by atoms with van der Waals surface area (Å²) in [6.45, 7) is 0.0472. The Morgan fingerprint density at radius 3 is 2.39 bits per heavy atom. The minimum Gasteiger partial charge on any atom is -0.493 e. The number of benzene rings is 2. The number of carbonyl (C=O) groups excluding carboxylic acids is 2. The van der Waals surface area contributed by atoms with Gasteiger partial charge in [0, 0.05) is 22.7 Å². The number of aliphatic hydroxyl groups is 1. The first-order chi connectivity index (χ1) is 21.8. The Morgan fingerprint density at radius 1 is 1.07 bits per heavy atom. The molecule has 2 aromatic carbocycles. The first kappa shape index (κ1) is 31.6. The first-order valence-electron chi connectivity index (χ1n) is 15.0. The highest BCUT2D eigenvalue weighted by Crippen LogP contribution is 2.48. The smallest absolute Gasteiger partial charge is 0.424 e. The third kappa shape index (κ3) is 5.83. The zero-order valence-corrected chi connectivity index (χ0v) is 25.2. The number of carbonyl (C=O) groups is 2. The van der Waals surface area contributed by atoms with E-state index in [1.165, 1.54) is 37.4 Å². The van der Waals surface area contributed by atoms with Crippen molar-refractivity contribution in [1.82, 2.24) is 15.6 Å². The summed E-state index contributed by atoms with van der Waals surface area (Å²) in [5.74, 6) is -1.25. The molecule has 2 amide bonds. The number of aromatic nitrogens is 1. The van der Waals surface area contributed by atoms with Gasteiger partial charge in [0.05, 0.1) is 25.5 Å². The van der Waals surface area contributed by atoms with Gasteiger partial charge in [-0.1, -0.05) is 0 Å². The highest BCUT2D eigenvalue weighted by molar-refractivity contribution is 5.95. The first-order valence-corrected chi connectivity index (χ1v) is 15.0. The Kier molecular flexibility index (Phi) is 8.07. The number of ether oxygens (including phenoxy) is 3. The zero-order chi connectivity index (χ0) is 32.9. The van der Waals surface area contributed by atoms with E-state index in [-0.39, 0.29) is 52.6 Å². The number of methoxy groups -OCH3 is 1. The summed E-state index contributed by atoms with van der Waals surface area (Å²) in [6.07, 6.45) is -0.985. The number of amides is 2. The summed E-state index contributed by atoms with van der Waals surface area (Å²) < 4.78 is 75.2. The molecule has 3 aliphatic rings. The quantitative estimate of drug-likeness (QED) is 0.268. The van der Waals surface area contributed by atoms with Gasteiger partial charge in [-0.3, -0.25) is 9.59 Å². The average molecular weight is 644 g/mol. The van der Waals surface area contributed by atoms with Gasteiger partial charge >= 0.3 is 6.18 Å². The fourth-order valence-corrected chi connectivity index (χ4v) is 5.40. The van der Waals surface area contributed by atoms with Crippen molar-refractivity contribution in [2.75, 3.05) is 20.3 Å². The molecule has 1 aliphatic heterocycles. The molecule has 2 saturated carbocycles. The van der Waals surface area contributed by atoms with E-state index in [0.29, 0.717) is 5.75 Å². The maximum Gasteiger partial charge on any atom is 0.424 e. The molecule has 0 radical (unpaired) electrons. The molecule has 9 nitrogen and oxygen atoms in total. The number of nitrogens with zero attached hydrogens (tertiary/aromatic N) is 1. The summed E-state index contributed by atoms with van der Waals surface area (Å²) in [5, 5.41) is 16.5. The molecule has 0 unspecified atom stereocenters. The van der Waals surface area contributed by atoms with Gasteiger partial charge in [0.15, 0.2) is 11.5 Å². The van der Waals surface area contributed by atoms with Gasteiger partial charge < -0.3 is 30.0 Å². The monoisotopic (exact) mass is 643 g/mol. The van der Waals surface area contributed by atoms with Gasteiger partial charge in [-0.15, -0.1) is 0 Å². The van der Waals surface area contributed by atoms with E-state index in [0.717, 1.165) is 50.3 Å². The van der Waals surface area contributed by atoms with Crippen molar-refractivity contribution in [3.63, 3.8) is 0 Å². The van der Waals surface area contributed by atoms with Crippen LogP contribution < -0.4 is 24.8 Å². The van der Waals surface area contributed by atoms with E-state index < -0.39 is 47.1 Å². The van der Waals surface area contributed by atoms with Crippen LogP contribution in [0.2, 0.25) is 0 Å². The van der Waals surface area contributed by atoms with Gasteiger partial charge in [-0.2, -0.15) is 13.2 Å². The van der Waals surface area contributed by atoms with Crippen LogP contribution in [0.15, 0.2) is 48.5 Å². The van der Waals surface area contributed by atoms with E-state index in [2.05, 4.69) is 15.6 Å². The van der Waals surface area contributed by atoms with Crippen molar-refractivity contribution in [1.29, 1.82) is 0 Å². The predicted molar refractivity (Wildman–Crippen MR) is 157 cm³/mol. The topological polar surface area (TPSA) is 119 Å². The summed E-state index contributed by atoms with van der Waals surface area (Å²) in [6, 6.07) is 10.0. The van der Waals surface area contributed by atoms with Crippen LogP contribution >= 0.6 is 0 Å². The van der Waals surface area contributed by atoms with Crippen LogP contribution in [0.4, 0.5) is 17.6 Å². The number of alkyl halides is 3. The van der Waals surface area contributed by atoms with Crippen molar-refractivity contribution in [3.05, 3.63) is 71.2 Å². The number of rotatable bonds is 10. The Balaban J connectivity index is 1.37. The van der Waals surface area contributed by atoms with Crippen LogP contribution in [0.1, 0.15) is 60.6 Å². The predicted octanol–water partition coefficient (Wildman–Crippen LogP) is 4.94. The minimum atomic E-state index is -5.33. The molecule has 6 rings (SSSR count). The molecule has 3 aromatic rings. The number of fused-ring (bicyclic) bond motifs is 1. The normalized spacial score (nSPS) is 20.5. The molecule has 244 valence electrons. The molecule has 0 spiro atoms. The summed E-state index contributed by atoms with van der Waals surface area (Å²) in [5.41, 5.74) is -5.83. The van der Waals surface area contributed by atoms with E-state index in [9.17, 15) is 32.3 Å². The molecule has 2 atom stereocenters. The lowest BCUT2D eigenvalue weighted by atomic mass is 9.80. The Labute approximate surface area is 262 Å². The third-order valence-corrected chi connectivity index (χ3v) is 8.77. The van der Waals surface area contributed by atoms with E-state index in [4.69, 9.17) is 14.2 Å². The van der Waals surface area contributed by atoms with Gasteiger partial charge in [0.2, 0.25) is 11.5 Å². The zero-order valence-electron chi connectivity index (χ0n) is 25.2. The molecule has 2 fully saturated rings. The molecule has 0 bridgehead atoms. The minimum absolute atomic E-state index is 0.0212. The van der Waals surface area contributed by atoms with Crippen LogP contribution in [0.25, 0.3) is 11.3 Å². The maximum absolute atomic E-state index is 14.8. The van der Waals surface area contributed by atoms with E-state index in [1.807, 2.05) is 0 Å². The maximum atomic E-state index is 14.8. The van der Waals surface area contributed by atoms with E-state index >= 15 is 0 Å². The summed E-state index contributed by atoms with van der Waals surface area (Å²) in [4.78, 5) is 30.7. The largest absolute Gasteiger partial charge is 0.493 e. The molecule has 1 aromatic heterocycles. The lowest BCUT2D eigenvalue weighted by Crippen LogP contribution is -2.52. The second-order valence-electron chi connectivity index (χ2n) is 12.2. The molecule has 46 heavy (non-hydrogen) atoms. The van der Waals surface area contributed by atoms with Crippen molar-refractivity contribution in [2.24, 2.45) is 0 Å². The van der Waals surface area contributed by atoms with Gasteiger partial charge in [-0.05, 0) is 87.6 Å². The second kappa shape index (κ2) is 11.8. The number of hydrogen-bond acceptors (Lipinski definition) is 7. The van der Waals surface area contributed by atoms with Gasteiger partial charge in [-0.25, -0.2) is 9.37 Å². The molecular formula is C33H33F4N3O6. The number of nitrogens with one attached hydrogen (secondary N) is 2. The summed E-state index contributed by atoms with van der Waals surface area (Å²) in [7, 11) is 1.38. The fraction of sp³-hybridized carbons (Fsp3) is 0.424. The van der Waals surface area contributed by atoms with Crippen LogP contribution in [0.3, 0.4) is 0 Å². The standard InChI is InChI=1S/C33H33F4N3O6/c1-31(30(42)39-21-4-3-5-21)17-45-28-23(31)15-26(40-27(28)18-6-9-20(34)10-7-18)32(43,33(35,36)37)16-38-29(41)19-8-13-24(25(14-19)44-2)46-22-11-12-22/h6-10,13-15,21-22,43H,3-5,11-12,16-17H2,1-2H3,(H,38,41)(H,39,42)/t31-,32-/m0/s1.